The van der Waals surface area contributed by atoms with E-state index >= 15 is 0 Å². The highest BCUT2D eigenvalue weighted by molar-refractivity contribution is 8.16. The lowest BCUT2D eigenvalue weighted by Gasteiger charge is -2.10. The molecular weight excluding hydrogens is 288 g/mol. The summed E-state index contributed by atoms with van der Waals surface area (Å²) in [6.45, 7) is 0. The van der Waals surface area contributed by atoms with Crippen LogP contribution < -0.4 is 0 Å². The molecule has 0 amide bonds. The minimum absolute atomic E-state index is 0.0663. The van der Waals surface area contributed by atoms with E-state index in [9.17, 15) is 4.79 Å². The SMILES string of the molecule is O=C(C=S(c1ccccc1)c1ccccc1)c1ccccc1. The molecule has 0 radical (unpaired) electrons. The molecule has 3 rings (SSSR count). The molecule has 0 aromatic heterocycles. The molecule has 0 saturated heterocycles. The lowest BCUT2D eigenvalue weighted by atomic mass is 10.2. The van der Waals surface area contributed by atoms with E-state index < -0.39 is 0 Å². The van der Waals surface area contributed by atoms with Crippen molar-refractivity contribution in [3.8, 4) is 0 Å². The van der Waals surface area contributed by atoms with Crippen LogP contribution in [0.1, 0.15) is 10.4 Å². The summed E-state index contributed by atoms with van der Waals surface area (Å²) in [6, 6.07) is 29.8. The Morgan fingerprint density at radius 2 is 1.05 bits per heavy atom. The molecule has 108 valence electrons. The zero-order valence-corrected chi connectivity index (χ0v) is 12.9. The Bertz CT molecular complexity index is 736. The number of carbonyl (C=O) groups is 1. The third kappa shape index (κ3) is 3.41. The Balaban J connectivity index is 2.06. The summed E-state index contributed by atoms with van der Waals surface area (Å²) in [4.78, 5) is 14.9. The van der Waals surface area contributed by atoms with Gasteiger partial charge in [-0.05, 0) is 24.3 Å². The standard InChI is InChI=1S/C20H16OS/c21-20(17-10-4-1-5-11-17)16-22(18-12-6-2-7-13-18)19-14-8-3-9-15-19/h1-16H. The molecule has 0 heterocycles. The summed E-state index contributed by atoms with van der Waals surface area (Å²) in [6.07, 6.45) is 0. The molecule has 0 fully saturated rings. The highest BCUT2D eigenvalue weighted by Gasteiger charge is 2.07. The van der Waals surface area contributed by atoms with Gasteiger partial charge in [-0.3, -0.25) is 4.79 Å². The molecule has 0 spiro atoms. The zero-order valence-electron chi connectivity index (χ0n) is 12.1. The van der Waals surface area contributed by atoms with Gasteiger partial charge in [-0.25, -0.2) is 0 Å². The third-order valence-electron chi connectivity index (χ3n) is 3.28. The second-order valence-electron chi connectivity index (χ2n) is 4.81. The van der Waals surface area contributed by atoms with Gasteiger partial charge in [0, 0.05) is 20.7 Å². The summed E-state index contributed by atoms with van der Waals surface area (Å²) in [5.74, 6) is 0.0663. The molecule has 0 N–H and O–H groups in total. The van der Waals surface area contributed by atoms with Crippen LogP contribution in [-0.2, 0) is 0 Å². The first-order chi connectivity index (χ1) is 10.8. The smallest absolute Gasteiger partial charge is 0.191 e. The van der Waals surface area contributed by atoms with E-state index in [4.69, 9.17) is 0 Å². The maximum Gasteiger partial charge on any atom is 0.191 e. The number of hydrogen-bond donors (Lipinski definition) is 0. The second-order valence-corrected chi connectivity index (χ2v) is 6.67. The van der Waals surface area contributed by atoms with Crippen LogP contribution in [0.2, 0.25) is 0 Å². The van der Waals surface area contributed by atoms with Crippen LogP contribution in [0, 0.1) is 0 Å². The fourth-order valence-electron chi connectivity index (χ4n) is 2.18. The molecule has 1 nitrogen and oxygen atoms in total. The Morgan fingerprint density at radius 3 is 1.50 bits per heavy atom. The Morgan fingerprint density at radius 1 is 0.636 bits per heavy atom. The van der Waals surface area contributed by atoms with Crippen LogP contribution in [0.4, 0.5) is 0 Å². The average Bonchev–Trinajstić information content (AvgIpc) is 2.62. The van der Waals surface area contributed by atoms with Gasteiger partial charge in [0.1, 0.15) is 0 Å². The molecular formula is C20H16OS. The highest BCUT2D eigenvalue weighted by atomic mass is 32.2. The van der Waals surface area contributed by atoms with E-state index in [2.05, 4.69) is 24.3 Å². The quantitative estimate of drug-likeness (QED) is 0.486. The molecule has 3 aromatic carbocycles. The van der Waals surface area contributed by atoms with Gasteiger partial charge in [0.25, 0.3) is 0 Å². The summed E-state index contributed by atoms with van der Waals surface area (Å²) in [5, 5.41) is 1.83. The predicted molar refractivity (Wildman–Crippen MR) is 93.8 cm³/mol. The molecule has 0 aliphatic rings. The monoisotopic (exact) mass is 304 g/mol. The number of Topliss-reactive ketones (excluding diaryl/α,β-unsaturated/α-hetero) is 1. The number of carbonyl (C=O) groups excluding carboxylic acids is 1. The molecule has 3 aromatic rings. The van der Waals surface area contributed by atoms with Crippen LogP contribution >= 0.6 is 10.5 Å². The first-order valence-corrected chi connectivity index (χ1v) is 8.41. The fraction of sp³-hybridized carbons (Fsp3) is 0. The van der Waals surface area contributed by atoms with E-state index in [-0.39, 0.29) is 16.3 Å². The molecule has 0 saturated carbocycles. The molecule has 0 bridgehead atoms. The highest BCUT2D eigenvalue weighted by Crippen LogP contribution is 2.35. The van der Waals surface area contributed by atoms with Crippen LogP contribution in [0.25, 0.3) is 0 Å². The van der Waals surface area contributed by atoms with Crippen molar-refractivity contribution in [2.24, 2.45) is 0 Å². The van der Waals surface area contributed by atoms with Crippen LogP contribution in [0.15, 0.2) is 101 Å². The predicted octanol–water partition coefficient (Wildman–Crippen LogP) is 5.06. The molecule has 2 heteroatoms. The third-order valence-corrected chi connectivity index (χ3v) is 5.29. The number of benzene rings is 3. The molecule has 0 unspecified atom stereocenters. The Hall–Kier alpha value is -2.45. The van der Waals surface area contributed by atoms with Gasteiger partial charge in [0.15, 0.2) is 5.78 Å². The maximum absolute atomic E-state index is 12.6. The van der Waals surface area contributed by atoms with Gasteiger partial charge in [0.2, 0.25) is 0 Å². The van der Waals surface area contributed by atoms with E-state index in [1.807, 2.05) is 72.1 Å². The first kappa shape index (κ1) is 14.5. The normalized spacial score (nSPS) is 10.4. The topological polar surface area (TPSA) is 17.1 Å². The number of ketones is 1. The van der Waals surface area contributed by atoms with Crippen molar-refractivity contribution in [3.63, 3.8) is 0 Å². The lowest BCUT2D eigenvalue weighted by molar-refractivity contribution is 0.107. The Labute approximate surface area is 133 Å². The van der Waals surface area contributed by atoms with Crippen molar-refractivity contribution in [1.29, 1.82) is 0 Å². The van der Waals surface area contributed by atoms with Gasteiger partial charge >= 0.3 is 0 Å². The van der Waals surface area contributed by atoms with Crippen LogP contribution in [0.3, 0.4) is 0 Å². The minimum Gasteiger partial charge on any atom is -0.289 e. The molecule has 0 aliphatic heterocycles. The van der Waals surface area contributed by atoms with Crippen molar-refractivity contribution in [2.75, 3.05) is 0 Å². The summed E-state index contributed by atoms with van der Waals surface area (Å²) < 4.78 is 0. The summed E-state index contributed by atoms with van der Waals surface area (Å²) in [7, 11) is -0.356. The van der Waals surface area contributed by atoms with Crippen molar-refractivity contribution < 1.29 is 4.79 Å². The van der Waals surface area contributed by atoms with Crippen LogP contribution in [0.5, 0.6) is 0 Å². The first-order valence-electron chi connectivity index (χ1n) is 7.12. The average molecular weight is 304 g/mol. The molecule has 0 aliphatic carbocycles. The minimum atomic E-state index is -0.356. The van der Waals surface area contributed by atoms with E-state index in [0.717, 1.165) is 15.4 Å². The van der Waals surface area contributed by atoms with E-state index in [1.165, 1.54) is 0 Å². The van der Waals surface area contributed by atoms with Gasteiger partial charge in [-0.2, -0.15) is 0 Å². The van der Waals surface area contributed by atoms with Crippen molar-refractivity contribution in [1.82, 2.24) is 0 Å². The number of hydrogen-bond acceptors (Lipinski definition) is 1. The summed E-state index contributed by atoms with van der Waals surface area (Å²) >= 11 is 0. The largest absolute Gasteiger partial charge is 0.289 e. The van der Waals surface area contributed by atoms with Gasteiger partial charge in [0.05, 0.1) is 0 Å². The number of rotatable bonds is 4. The van der Waals surface area contributed by atoms with E-state index in [1.54, 1.807) is 0 Å². The van der Waals surface area contributed by atoms with Crippen molar-refractivity contribution >= 4 is 21.6 Å². The fourth-order valence-corrected chi connectivity index (χ4v) is 3.98. The molecule has 22 heavy (non-hydrogen) atoms. The van der Waals surface area contributed by atoms with E-state index in [0.29, 0.717) is 0 Å². The van der Waals surface area contributed by atoms with Crippen molar-refractivity contribution in [3.05, 3.63) is 96.6 Å². The molecule has 0 atom stereocenters. The van der Waals surface area contributed by atoms with Crippen molar-refractivity contribution in [2.45, 2.75) is 9.79 Å². The Kier molecular flexibility index (Phi) is 4.62. The lowest BCUT2D eigenvalue weighted by Crippen LogP contribution is -2.00. The van der Waals surface area contributed by atoms with Gasteiger partial charge in [-0.15, -0.1) is 10.5 Å². The maximum atomic E-state index is 12.6. The van der Waals surface area contributed by atoms with Gasteiger partial charge < -0.3 is 0 Å². The van der Waals surface area contributed by atoms with Crippen LogP contribution in [-0.4, -0.2) is 11.2 Å². The van der Waals surface area contributed by atoms with Gasteiger partial charge in [-0.1, -0.05) is 66.7 Å². The second kappa shape index (κ2) is 7.01. The summed E-state index contributed by atoms with van der Waals surface area (Å²) in [5.41, 5.74) is 0.729. The zero-order chi connectivity index (χ0) is 15.2.